The molecule has 1 amide bonds. The van der Waals surface area contributed by atoms with Crippen LogP contribution in [0, 0.1) is 0 Å². The Morgan fingerprint density at radius 2 is 2.25 bits per heavy atom. The Bertz CT molecular complexity index is 680. The first-order valence-electron chi connectivity index (χ1n) is 6.69. The van der Waals surface area contributed by atoms with E-state index >= 15 is 0 Å². The van der Waals surface area contributed by atoms with Gasteiger partial charge in [0.25, 0.3) is 0 Å². The van der Waals surface area contributed by atoms with Crippen molar-refractivity contribution in [1.29, 1.82) is 0 Å². The molecule has 1 N–H and O–H groups in total. The number of carbonyl (C=O) groups excluding carboxylic acids is 1. The molecular weight excluding hydrogens is 258 g/mol. The first-order chi connectivity index (χ1) is 9.79. The van der Waals surface area contributed by atoms with E-state index in [0.29, 0.717) is 24.6 Å². The largest absolute Gasteiger partial charge is 0.493 e. The Balaban J connectivity index is 1.63. The molecule has 6 nitrogen and oxygen atoms in total. The zero-order chi connectivity index (χ0) is 13.5. The summed E-state index contributed by atoms with van der Waals surface area (Å²) in [7, 11) is 0. The lowest BCUT2D eigenvalue weighted by molar-refractivity contribution is -0.119. The molecule has 1 fully saturated rings. The van der Waals surface area contributed by atoms with Gasteiger partial charge in [0.15, 0.2) is 0 Å². The van der Waals surface area contributed by atoms with Crippen LogP contribution in [-0.4, -0.2) is 22.7 Å². The normalized spacial score (nSPS) is 20.6. The van der Waals surface area contributed by atoms with E-state index in [0.717, 1.165) is 24.3 Å². The van der Waals surface area contributed by atoms with Gasteiger partial charge < -0.3 is 14.6 Å². The molecule has 0 spiro atoms. The van der Waals surface area contributed by atoms with Crippen molar-refractivity contribution >= 4 is 5.91 Å². The van der Waals surface area contributed by atoms with Crippen LogP contribution in [0.5, 0.6) is 5.75 Å². The summed E-state index contributed by atoms with van der Waals surface area (Å²) in [6, 6.07) is 5.74. The molecular formula is C14H13N3O3. The molecule has 20 heavy (non-hydrogen) atoms. The number of ether oxygens (including phenoxy) is 1. The van der Waals surface area contributed by atoms with E-state index < -0.39 is 0 Å². The van der Waals surface area contributed by atoms with E-state index in [9.17, 15) is 4.79 Å². The number of amides is 1. The lowest BCUT2D eigenvalue weighted by atomic mass is 10.1. The van der Waals surface area contributed by atoms with Crippen LogP contribution in [-0.2, 0) is 11.2 Å². The summed E-state index contributed by atoms with van der Waals surface area (Å²) in [4.78, 5) is 15.6. The van der Waals surface area contributed by atoms with E-state index in [-0.39, 0.29) is 11.9 Å². The minimum Gasteiger partial charge on any atom is -0.493 e. The fourth-order valence-electron chi connectivity index (χ4n) is 2.62. The molecule has 2 aliphatic heterocycles. The smallest absolute Gasteiger partial charge is 0.249 e. The van der Waals surface area contributed by atoms with Gasteiger partial charge in [0.2, 0.25) is 17.6 Å². The quantitative estimate of drug-likeness (QED) is 0.898. The van der Waals surface area contributed by atoms with Crippen molar-refractivity contribution in [2.75, 3.05) is 6.61 Å². The van der Waals surface area contributed by atoms with Crippen molar-refractivity contribution < 1.29 is 14.1 Å². The second-order valence-corrected chi connectivity index (χ2v) is 5.04. The summed E-state index contributed by atoms with van der Waals surface area (Å²) in [5, 5.41) is 6.82. The highest BCUT2D eigenvalue weighted by atomic mass is 16.5. The number of hydrogen-bond acceptors (Lipinski definition) is 5. The molecule has 0 bridgehead atoms. The summed E-state index contributed by atoms with van der Waals surface area (Å²) in [6.45, 7) is 0.727. The Morgan fingerprint density at radius 1 is 1.30 bits per heavy atom. The van der Waals surface area contributed by atoms with Crippen molar-refractivity contribution in [2.24, 2.45) is 0 Å². The van der Waals surface area contributed by atoms with Gasteiger partial charge in [-0.2, -0.15) is 4.98 Å². The Labute approximate surface area is 115 Å². The monoisotopic (exact) mass is 271 g/mol. The van der Waals surface area contributed by atoms with E-state index in [4.69, 9.17) is 9.26 Å². The fourth-order valence-corrected chi connectivity index (χ4v) is 2.62. The van der Waals surface area contributed by atoms with Gasteiger partial charge in [0.05, 0.1) is 6.61 Å². The van der Waals surface area contributed by atoms with Crippen LogP contribution in [0.1, 0.15) is 30.3 Å². The first kappa shape index (κ1) is 11.5. The maximum absolute atomic E-state index is 11.2. The van der Waals surface area contributed by atoms with Crippen LogP contribution < -0.4 is 10.1 Å². The van der Waals surface area contributed by atoms with Gasteiger partial charge in [-0.05, 0) is 30.2 Å². The zero-order valence-corrected chi connectivity index (χ0v) is 10.8. The lowest BCUT2D eigenvalue weighted by Gasteiger charge is -2.02. The number of nitrogens with one attached hydrogen (secondary N) is 1. The van der Waals surface area contributed by atoms with E-state index in [1.807, 2.05) is 18.2 Å². The first-order valence-corrected chi connectivity index (χ1v) is 6.69. The molecule has 2 aliphatic rings. The van der Waals surface area contributed by atoms with Crippen molar-refractivity contribution in [3.05, 3.63) is 29.7 Å². The van der Waals surface area contributed by atoms with E-state index in [1.54, 1.807) is 0 Å². The van der Waals surface area contributed by atoms with Crippen LogP contribution in [0.15, 0.2) is 22.7 Å². The standard InChI is InChI=1S/C14H13N3O3/c18-12-4-2-10(15-12)14-16-13(17-20-14)9-1-3-11-8(7-9)5-6-19-11/h1,3,7,10H,2,4-6H2,(H,15,18)/t10-/m1/s1. The SMILES string of the molecule is O=C1CC[C@H](c2nc(-c3ccc4c(c3)CCO4)no2)N1. The molecule has 6 heteroatoms. The summed E-state index contributed by atoms with van der Waals surface area (Å²) in [6.07, 6.45) is 2.13. The molecule has 102 valence electrons. The molecule has 1 aromatic heterocycles. The highest BCUT2D eigenvalue weighted by Crippen LogP contribution is 2.30. The molecule has 0 unspecified atom stereocenters. The maximum Gasteiger partial charge on any atom is 0.249 e. The molecule has 0 radical (unpaired) electrons. The molecule has 2 aromatic rings. The predicted molar refractivity (Wildman–Crippen MR) is 69.1 cm³/mol. The predicted octanol–water partition coefficient (Wildman–Crippen LogP) is 1.62. The van der Waals surface area contributed by atoms with Crippen LogP contribution in [0.25, 0.3) is 11.4 Å². The average molecular weight is 271 g/mol. The minimum atomic E-state index is -0.151. The lowest BCUT2D eigenvalue weighted by Crippen LogP contribution is -2.18. The van der Waals surface area contributed by atoms with Gasteiger partial charge >= 0.3 is 0 Å². The van der Waals surface area contributed by atoms with Gasteiger partial charge in [-0.3, -0.25) is 4.79 Å². The van der Waals surface area contributed by atoms with Crippen molar-refractivity contribution in [2.45, 2.75) is 25.3 Å². The van der Waals surface area contributed by atoms with Crippen LogP contribution in [0.4, 0.5) is 0 Å². The minimum absolute atomic E-state index is 0.0319. The van der Waals surface area contributed by atoms with Crippen LogP contribution in [0.3, 0.4) is 0 Å². The van der Waals surface area contributed by atoms with Crippen molar-refractivity contribution in [1.82, 2.24) is 15.5 Å². The van der Waals surface area contributed by atoms with E-state index in [1.165, 1.54) is 5.56 Å². The topological polar surface area (TPSA) is 77.2 Å². The van der Waals surface area contributed by atoms with Gasteiger partial charge in [0.1, 0.15) is 11.8 Å². The number of nitrogens with zero attached hydrogens (tertiary/aromatic N) is 2. The fraction of sp³-hybridized carbons (Fsp3) is 0.357. The summed E-state index contributed by atoms with van der Waals surface area (Å²) < 4.78 is 10.7. The number of rotatable bonds is 2. The molecule has 0 aliphatic carbocycles. The second-order valence-electron chi connectivity index (χ2n) is 5.04. The molecule has 1 atom stereocenters. The molecule has 3 heterocycles. The molecule has 0 saturated carbocycles. The molecule has 4 rings (SSSR count). The van der Waals surface area contributed by atoms with Gasteiger partial charge in [-0.15, -0.1) is 0 Å². The average Bonchev–Trinajstić information content (AvgIpc) is 3.17. The highest BCUT2D eigenvalue weighted by molar-refractivity contribution is 5.78. The number of carbonyl (C=O) groups is 1. The summed E-state index contributed by atoms with van der Waals surface area (Å²) in [5.41, 5.74) is 2.08. The van der Waals surface area contributed by atoms with Crippen molar-refractivity contribution in [3.8, 4) is 17.1 Å². The van der Waals surface area contributed by atoms with Crippen LogP contribution in [0.2, 0.25) is 0 Å². The number of aromatic nitrogens is 2. The second kappa shape index (κ2) is 4.33. The third-order valence-electron chi connectivity index (χ3n) is 3.68. The Morgan fingerprint density at radius 3 is 3.10 bits per heavy atom. The van der Waals surface area contributed by atoms with Gasteiger partial charge in [-0.1, -0.05) is 5.16 Å². The number of fused-ring (bicyclic) bond motifs is 1. The van der Waals surface area contributed by atoms with Gasteiger partial charge in [0, 0.05) is 18.4 Å². The summed E-state index contributed by atoms with van der Waals surface area (Å²) >= 11 is 0. The van der Waals surface area contributed by atoms with E-state index in [2.05, 4.69) is 15.5 Å². The number of benzene rings is 1. The third kappa shape index (κ3) is 1.84. The maximum atomic E-state index is 11.2. The third-order valence-corrected chi connectivity index (χ3v) is 3.68. The Kier molecular flexibility index (Phi) is 2.48. The van der Waals surface area contributed by atoms with Crippen LogP contribution >= 0.6 is 0 Å². The molecule has 1 saturated heterocycles. The van der Waals surface area contributed by atoms with Crippen molar-refractivity contribution in [3.63, 3.8) is 0 Å². The van der Waals surface area contributed by atoms with Gasteiger partial charge in [-0.25, -0.2) is 0 Å². The highest BCUT2D eigenvalue weighted by Gasteiger charge is 2.27. The Hall–Kier alpha value is -2.37. The molecule has 1 aromatic carbocycles. The number of hydrogen-bond donors (Lipinski definition) is 1. The zero-order valence-electron chi connectivity index (χ0n) is 10.8. The summed E-state index contributed by atoms with van der Waals surface area (Å²) in [5.74, 6) is 1.99.